The Kier molecular flexibility index (Phi) is 6.31. The zero-order valence-corrected chi connectivity index (χ0v) is 15.1. The third-order valence-corrected chi connectivity index (χ3v) is 5.78. The summed E-state index contributed by atoms with van der Waals surface area (Å²) in [5.74, 6) is 0. The van der Waals surface area contributed by atoms with Gasteiger partial charge in [0.25, 0.3) is 0 Å². The van der Waals surface area contributed by atoms with Gasteiger partial charge in [-0.2, -0.15) is 0 Å². The molecule has 0 spiro atoms. The maximum absolute atomic E-state index is 12.6. The average Bonchev–Trinajstić information content (AvgIpc) is 2.62. The van der Waals surface area contributed by atoms with Crippen LogP contribution >= 0.6 is 23.2 Å². The number of sulfone groups is 1. The number of aldehydes is 2. The highest BCUT2D eigenvalue weighted by Gasteiger charge is 2.17. The van der Waals surface area contributed by atoms with Gasteiger partial charge in [-0.15, -0.1) is 0 Å². The lowest BCUT2D eigenvalue weighted by atomic mass is 10.2. The van der Waals surface area contributed by atoms with Crippen LogP contribution in [0.15, 0.2) is 70.5 Å². The van der Waals surface area contributed by atoms with E-state index in [9.17, 15) is 18.0 Å². The van der Waals surface area contributed by atoms with Crippen LogP contribution in [-0.4, -0.2) is 21.0 Å². The van der Waals surface area contributed by atoms with Crippen LogP contribution in [0.4, 0.5) is 0 Å². The predicted molar refractivity (Wildman–Crippen MR) is 98.1 cm³/mol. The van der Waals surface area contributed by atoms with Gasteiger partial charge in [0.05, 0.1) is 19.9 Å². The number of allylic oxidation sites excluding steroid dienone is 2. The Bertz CT molecular complexity index is 868. The van der Waals surface area contributed by atoms with Crippen molar-refractivity contribution >= 4 is 55.7 Å². The molecule has 7 heteroatoms. The molecule has 0 aromatic heterocycles. The topological polar surface area (TPSA) is 68.3 Å². The van der Waals surface area contributed by atoms with E-state index in [-0.39, 0.29) is 19.9 Å². The number of hydrogen-bond donors (Lipinski definition) is 0. The molecule has 0 saturated carbocycles. The molecule has 0 unspecified atom stereocenters. The van der Waals surface area contributed by atoms with Crippen LogP contribution in [0.2, 0.25) is 0 Å². The van der Waals surface area contributed by atoms with Crippen molar-refractivity contribution in [1.29, 1.82) is 0 Å². The Morgan fingerprint density at radius 2 is 1.00 bits per heavy atom. The number of carbonyl (C=O) groups excluding carboxylic acids is 2. The maximum atomic E-state index is 12.6. The van der Waals surface area contributed by atoms with Crippen LogP contribution in [0.5, 0.6) is 0 Å². The minimum atomic E-state index is -3.71. The second kappa shape index (κ2) is 8.25. The predicted octanol–water partition coefficient (Wildman–Crippen LogP) is 4.08. The fourth-order valence-electron chi connectivity index (χ4n) is 2.03. The number of benzene rings is 2. The first kappa shape index (κ1) is 19.1. The van der Waals surface area contributed by atoms with Gasteiger partial charge in [0.1, 0.15) is 12.6 Å². The number of hydrogen-bond acceptors (Lipinski definition) is 4. The van der Waals surface area contributed by atoms with E-state index in [2.05, 4.69) is 0 Å². The van der Waals surface area contributed by atoms with Gasteiger partial charge >= 0.3 is 0 Å². The highest BCUT2D eigenvalue weighted by Crippen LogP contribution is 2.26. The first-order chi connectivity index (χ1) is 11.9. The van der Waals surface area contributed by atoms with Gasteiger partial charge in [-0.1, -0.05) is 47.5 Å². The molecular weight excluding hydrogens is 383 g/mol. The van der Waals surface area contributed by atoms with Crippen LogP contribution < -0.4 is 0 Å². The molecule has 0 saturated heterocycles. The molecule has 0 aliphatic heterocycles. The summed E-state index contributed by atoms with van der Waals surface area (Å²) < 4.78 is 25.3. The summed E-state index contributed by atoms with van der Waals surface area (Å²) in [4.78, 5) is 21.0. The molecular formula is C18H12Cl2O4S. The summed E-state index contributed by atoms with van der Waals surface area (Å²) in [5.41, 5.74) is 1.07. The van der Waals surface area contributed by atoms with Crippen molar-refractivity contribution < 1.29 is 18.0 Å². The maximum Gasteiger partial charge on any atom is 0.206 e. The number of rotatable bonds is 6. The van der Waals surface area contributed by atoms with Gasteiger partial charge in [0.2, 0.25) is 9.84 Å². The van der Waals surface area contributed by atoms with Gasteiger partial charge in [-0.05, 0) is 47.5 Å². The normalized spacial score (nSPS) is 12.7. The quantitative estimate of drug-likeness (QED) is 0.546. The van der Waals surface area contributed by atoms with E-state index in [1.54, 1.807) is 0 Å². The van der Waals surface area contributed by atoms with E-state index < -0.39 is 9.84 Å². The fraction of sp³-hybridized carbons (Fsp3) is 0. The van der Waals surface area contributed by atoms with Crippen molar-refractivity contribution in [3.63, 3.8) is 0 Å². The molecule has 0 N–H and O–H groups in total. The molecule has 2 aromatic rings. The summed E-state index contributed by atoms with van der Waals surface area (Å²) in [6.45, 7) is 0. The molecule has 0 radical (unpaired) electrons. The summed E-state index contributed by atoms with van der Waals surface area (Å²) >= 11 is 11.8. The van der Waals surface area contributed by atoms with Crippen molar-refractivity contribution in [2.75, 3.05) is 0 Å². The van der Waals surface area contributed by atoms with Gasteiger partial charge in [-0.3, -0.25) is 9.59 Å². The lowest BCUT2D eigenvalue weighted by Crippen LogP contribution is -2.02. The summed E-state index contributed by atoms with van der Waals surface area (Å²) in [6.07, 6.45) is 3.47. The van der Waals surface area contributed by atoms with Crippen LogP contribution in [0.1, 0.15) is 11.1 Å². The zero-order chi connectivity index (χ0) is 18.4. The van der Waals surface area contributed by atoms with Gasteiger partial charge < -0.3 is 0 Å². The molecule has 2 aromatic carbocycles. The third kappa shape index (κ3) is 4.45. The van der Waals surface area contributed by atoms with Gasteiger partial charge in [-0.25, -0.2) is 8.42 Å². The number of carbonyl (C=O) groups is 2. The zero-order valence-electron chi connectivity index (χ0n) is 12.7. The van der Waals surface area contributed by atoms with Gasteiger partial charge in [0, 0.05) is 0 Å². The molecule has 0 aliphatic rings. The van der Waals surface area contributed by atoms with Gasteiger partial charge in [0.15, 0.2) is 0 Å². The summed E-state index contributed by atoms with van der Waals surface area (Å²) in [6, 6.07) is 11.7. The van der Waals surface area contributed by atoms with E-state index in [0.717, 1.165) is 0 Å². The monoisotopic (exact) mass is 394 g/mol. The Labute approximate surface area is 155 Å². The largest absolute Gasteiger partial charge is 0.299 e. The van der Waals surface area contributed by atoms with Crippen LogP contribution in [0, 0.1) is 0 Å². The standard InChI is InChI=1S/C18H12Cl2O4S/c19-17(9-11-21)13-1-5-15(6-2-13)25(23,24)16-7-3-14(4-8-16)18(20)10-12-22/h1-12H. The molecule has 0 amide bonds. The molecule has 0 fully saturated rings. The van der Waals surface area contributed by atoms with E-state index in [4.69, 9.17) is 23.2 Å². The lowest BCUT2D eigenvalue weighted by molar-refractivity contribution is -0.104. The number of halogens is 2. The van der Waals surface area contributed by atoms with Crippen molar-refractivity contribution in [3.8, 4) is 0 Å². The molecule has 128 valence electrons. The van der Waals surface area contributed by atoms with E-state index in [1.165, 1.54) is 60.7 Å². The van der Waals surface area contributed by atoms with Crippen molar-refractivity contribution in [1.82, 2.24) is 0 Å². The minimum absolute atomic E-state index is 0.0918. The highest BCUT2D eigenvalue weighted by molar-refractivity contribution is 7.91. The van der Waals surface area contributed by atoms with E-state index in [1.807, 2.05) is 0 Å². The van der Waals surface area contributed by atoms with Crippen molar-refractivity contribution in [2.45, 2.75) is 9.79 Å². The molecule has 25 heavy (non-hydrogen) atoms. The van der Waals surface area contributed by atoms with E-state index >= 15 is 0 Å². The fourth-order valence-corrected chi connectivity index (χ4v) is 3.65. The first-order valence-electron chi connectivity index (χ1n) is 6.98. The second-order valence-corrected chi connectivity index (χ2v) is 7.62. The average molecular weight is 395 g/mol. The van der Waals surface area contributed by atoms with Crippen LogP contribution in [0.25, 0.3) is 10.1 Å². The van der Waals surface area contributed by atoms with Crippen molar-refractivity contribution in [3.05, 3.63) is 71.8 Å². The molecule has 0 heterocycles. The molecule has 0 atom stereocenters. The lowest BCUT2D eigenvalue weighted by Gasteiger charge is -2.07. The molecule has 4 nitrogen and oxygen atoms in total. The Hall–Kier alpha value is -2.21. The second-order valence-electron chi connectivity index (χ2n) is 4.85. The highest BCUT2D eigenvalue weighted by atomic mass is 35.5. The molecule has 0 aliphatic carbocycles. The molecule has 0 bridgehead atoms. The van der Waals surface area contributed by atoms with Crippen LogP contribution in [0.3, 0.4) is 0 Å². The first-order valence-corrected chi connectivity index (χ1v) is 9.22. The third-order valence-electron chi connectivity index (χ3n) is 3.31. The molecule has 2 rings (SSSR count). The Morgan fingerprint density at radius 1 is 0.680 bits per heavy atom. The Morgan fingerprint density at radius 3 is 1.28 bits per heavy atom. The Balaban J connectivity index is 2.35. The smallest absolute Gasteiger partial charge is 0.206 e. The summed E-state index contributed by atoms with van der Waals surface area (Å²) in [5, 5.41) is 0.444. The van der Waals surface area contributed by atoms with E-state index in [0.29, 0.717) is 23.7 Å². The van der Waals surface area contributed by atoms with Crippen LogP contribution in [-0.2, 0) is 19.4 Å². The van der Waals surface area contributed by atoms with Crippen molar-refractivity contribution in [2.24, 2.45) is 0 Å². The SMILES string of the molecule is O=CC=C(Cl)c1ccc(S(=O)(=O)c2ccc(C(Cl)=CC=O)cc2)cc1. The summed E-state index contributed by atoms with van der Waals surface area (Å²) in [7, 11) is -3.71. The minimum Gasteiger partial charge on any atom is -0.299 e.